The summed E-state index contributed by atoms with van der Waals surface area (Å²) < 4.78 is 7.61. The zero-order valence-corrected chi connectivity index (χ0v) is 11.5. The Bertz CT molecular complexity index is 377. The van der Waals surface area contributed by atoms with Crippen LogP contribution in [0.15, 0.2) is 12.4 Å². The molecule has 0 bridgehead atoms. The number of rotatable bonds is 4. The van der Waals surface area contributed by atoms with Gasteiger partial charge in [0, 0.05) is 38.4 Å². The van der Waals surface area contributed by atoms with Crippen LogP contribution in [0, 0.1) is 0 Å². The summed E-state index contributed by atoms with van der Waals surface area (Å²) in [5.74, 6) is 0. The molecule has 0 saturated carbocycles. The molecule has 2 unspecified atom stereocenters. The zero-order valence-electron chi connectivity index (χ0n) is 11.5. The smallest absolute Gasteiger partial charge is 0.0856 e. The quantitative estimate of drug-likeness (QED) is 0.843. The van der Waals surface area contributed by atoms with Crippen LogP contribution in [0.1, 0.15) is 19.4 Å². The summed E-state index contributed by atoms with van der Waals surface area (Å²) >= 11 is 0. The van der Waals surface area contributed by atoms with Gasteiger partial charge >= 0.3 is 0 Å². The highest BCUT2D eigenvalue weighted by Gasteiger charge is 2.27. The largest absolute Gasteiger partial charge is 0.374 e. The van der Waals surface area contributed by atoms with Crippen molar-refractivity contribution >= 4 is 0 Å². The Labute approximate surface area is 109 Å². The molecule has 0 spiro atoms. The summed E-state index contributed by atoms with van der Waals surface area (Å²) in [6.45, 7) is 7.15. The number of nitrogens with two attached hydrogens (primary N) is 1. The van der Waals surface area contributed by atoms with E-state index in [0.29, 0.717) is 6.04 Å². The van der Waals surface area contributed by atoms with Crippen molar-refractivity contribution < 1.29 is 4.74 Å². The van der Waals surface area contributed by atoms with E-state index in [1.807, 2.05) is 24.1 Å². The zero-order chi connectivity index (χ0) is 13.1. The molecule has 1 aliphatic rings. The molecule has 2 N–H and O–H groups in total. The minimum Gasteiger partial charge on any atom is -0.374 e. The highest BCUT2D eigenvalue weighted by Crippen LogP contribution is 2.13. The third-order valence-electron chi connectivity index (χ3n) is 3.56. The Kier molecular flexibility index (Phi) is 4.37. The second-order valence-corrected chi connectivity index (χ2v) is 5.39. The number of morpholine rings is 1. The summed E-state index contributed by atoms with van der Waals surface area (Å²) in [5, 5.41) is 4.17. The van der Waals surface area contributed by atoms with E-state index in [4.69, 9.17) is 10.5 Å². The van der Waals surface area contributed by atoms with Crippen LogP contribution in [0.25, 0.3) is 0 Å². The monoisotopic (exact) mass is 252 g/mol. The van der Waals surface area contributed by atoms with Gasteiger partial charge < -0.3 is 10.5 Å². The molecule has 102 valence electrons. The predicted molar refractivity (Wildman–Crippen MR) is 71.3 cm³/mol. The minimum absolute atomic E-state index is 0.0377. The molecule has 0 amide bonds. The van der Waals surface area contributed by atoms with E-state index in [2.05, 4.69) is 23.8 Å². The number of ether oxygens (including phenoxy) is 1. The first-order chi connectivity index (χ1) is 8.56. The van der Waals surface area contributed by atoms with E-state index in [1.54, 1.807) is 0 Å². The van der Waals surface area contributed by atoms with Gasteiger partial charge in [-0.1, -0.05) is 0 Å². The first-order valence-corrected chi connectivity index (χ1v) is 6.65. The van der Waals surface area contributed by atoms with Crippen molar-refractivity contribution in [3.05, 3.63) is 18.0 Å². The maximum Gasteiger partial charge on any atom is 0.0856 e. The highest BCUT2D eigenvalue weighted by atomic mass is 16.5. The Balaban J connectivity index is 1.90. The lowest BCUT2D eigenvalue weighted by molar-refractivity contribution is -0.0495. The van der Waals surface area contributed by atoms with Crippen molar-refractivity contribution in [1.82, 2.24) is 14.7 Å². The second-order valence-electron chi connectivity index (χ2n) is 5.39. The van der Waals surface area contributed by atoms with Gasteiger partial charge in [-0.2, -0.15) is 5.10 Å². The molecule has 1 saturated heterocycles. The summed E-state index contributed by atoms with van der Waals surface area (Å²) in [6.07, 6.45) is 4.84. The van der Waals surface area contributed by atoms with E-state index in [1.165, 1.54) is 5.56 Å². The Morgan fingerprint density at radius 3 is 2.94 bits per heavy atom. The highest BCUT2D eigenvalue weighted by molar-refractivity contribution is 5.07. The maximum atomic E-state index is 6.26. The van der Waals surface area contributed by atoms with E-state index >= 15 is 0 Å². The fourth-order valence-corrected chi connectivity index (χ4v) is 2.41. The van der Waals surface area contributed by atoms with Crippen molar-refractivity contribution in [1.29, 1.82) is 0 Å². The van der Waals surface area contributed by atoms with Crippen LogP contribution in [0.3, 0.4) is 0 Å². The van der Waals surface area contributed by atoms with Gasteiger partial charge in [0.15, 0.2) is 0 Å². The number of aromatic nitrogens is 2. The van der Waals surface area contributed by atoms with Gasteiger partial charge in [0.1, 0.15) is 0 Å². The van der Waals surface area contributed by atoms with Gasteiger partial charge in [0.25, 0.3) is 0 Å². The SMILES string of the molecule is CC(C)N1CCOC(C(N)Cc2cnn(C)c2)C1. The summed E-state index contributed by atoms with van der Waals surface area (Å²) in [7, 11) is 1.92. The molecule has 2 heterocycles. The van der Waals surface area contributed by atoms with E-state index < -0.39 is 0 Å². The molecular formula is C13H24N4O. The Hall–Kier alpha value is -0.910. The topological polar surface area (TPSA) is 56.3 Å². The van der Waals surface area contributed by atoms with Gasteiger partial charge in [-0.3, -0.25) is 9.58 Å². The van der Waals surface area contributed by atoms with Crippen molar-refractivity contribution in [2.75, 3.05) is 19.7 Å². The molecule has 5 nitrogen and oxygen atoms in total. The number of aryl methyl sites for hydroxylation is 1. The molecule has 2 atom stereocenters. The van der Waals surface area contributed by atoms with Gasteiger partial charge in [0.2, 0.25) is 0 Å². The minimum atomic E-state index is 0.0377. The van der Waals surface area contributed by atoms with Crippen LogP contribution in [-0.2, 0) is 18.2 Å². The number of hydrogen-bond acceptors (Lipinski definition) is 4. The first-order valence-electron chi connectivity index (χ1n) is 6.65. The Morgan fingerprint density at radius 1 is 1.56 bits per heavy atom. The van der Waals surface area contributed by atoms with Crippen LogP contribution in [0.4, 0.5) is 0 Å². The van der Waals surface area contributed by atoms with Crippen molar-refractivity contribution in [3.63, 3.8) is 0 Å². The van der Waals surface area contributed by atoms with E-state index in [-0.39, 0.29) is 12.1 Å². The van der Waals surface area contributed by atoms with Gasteiger partial charge in [-0.25, -0.2) is 0 Å². The maximum absolute atomic E-state index is 6.26. The fraction of sp³-hybridized carbons (Fsp3) is 0.769. The summed E-state index contributed by atoms with van der Waals surface area (Å²) in [5.41, 5.74) is 7.44. The van der Waals surface area contributed by atoms with Crippen LogP contribution in [0.2, 0.25) is 0 Å². The molecule has 0 aliphatic carbocycles. The molecule has 0 aromatic carbocycles. The molecule has 2 rings (SSSR count). The average molecular weight is 252 g/mol. The third-order valence-corrected chi connectivity index (χ3v) is 3.56. The molecule has 1 aromatic rings. The average Bonchev–Trinajstić information content (AvgIpc) is 2.75. The predicted octanol–water partition coefficient (Wildman–Crippen LogP) is 0.399. The number of nitrogens with zero attached hydrogens (tertiary/aromatic N) is 3. The Morgan fingerprint density at radius 2 is 2.33 bits per heavy atom. The molecule has 0 radical (unpaired) electrons. The molecular weight excluding hydrogens is 228 g/mol. The molecule has 5 heteroatoms. The third kappa shape index (κ3) is 3.31. The van der Waals surface area contributed by atoms with Gasteiger partial charge in [-0.05, 0) is 25.8 Å². The molecule has 1 aliphatic heterocycles. The standard InChI is InChI=1S/C13H24N4O/c1-10(2)17-4-5-18-13(9-17)12(14)6-11-7-15-16(3)8-11/h7-8,10,12-13H,4-6,9,14H2,1-3H3. The second kappa shape index (κ2) is 5.82. The van der Waals surface area contributed by atoms with Crippen LogP contribution in [-0.4, -0.2) is 52.6 Å². The van der Waals surface area contributed by atoms with E-state index in [0.717, 1.165) is 26.1 Å². The summed E-state index contributed by atoms with van der Waals surface area (Å²) in [6, 6.07) is 0.595. The molecule has 1 fully saturated rings. The van der Waals surface area contributed by atoms with Gasteiger partial charge in [-0.15, -0.1) is 0 Å². The normalized spacial score (nSPS) is 23.5. The molecule has 1 aromatic heterocycles. The van der Waals surface area contributed by atoms with Crippen LogP contribution in [0.5, 0.6) is 0 Å². The first kappa shape index (κ1) is 13.5. The summed E-state index contributed by atoms with van der Waals surface area (Å²) in [4.78, 5) is 2.43. The lowest BCUT2D eigenvalue weighted by Crippen LogP contribution is -2.53. The van der Waals surface area contributed by atoms with Crippen molar-refractivity contribution in [2.24, 2.45) is 12.8 Å². The lowest BCUT2D eigenvalue weighted by atomic mass is 10.0. The van der Waals surface area contributed by atoms with Crippen molar-refractivity contribution in [3.8, 4) is 0 Å². The van der Waals surface area contributed by atoms with Crippen LogP contribution < -0.4 is 5.73 Å². The number of hydrogen-bond donors (Lipinski definition) is 1. The lowest BCUT2D eigenvalue weighted by Gasteiger charge is -2.37. The van der Waals surface area contributed by atoms with Crippen molar-refractivity contribution in [2.45, 2.75) is 38.5 Å². The fourth-order valence-electron chi connectivity index (χ4n) is 2.41. The van der Waals surface area contributed by atoms with E-state index in [9.17, 15) is 0 Å². The van der Waals surface area contributed by atoms with Crippen LogP contribution >= 0.6 is 0 Å². The molecule has 18 heavy (non-hydrogen) atoms. The van der Waals surface area contributed by atoms with Gasteiger partial charge in [0.05, 0.1) is 18.9 Å².